The van der Waals surface area contributed by atoms with Crippen molar-refractivity contribution in [3.8, 4) is 0 Å². The van der Waals surface area contributed by atoms with E-state index in [-0.39, 0.29) is 18.2 Å². The quantitative estimate of drug-likeness (QED) is 0.822. The fraction of sp³-hybridized carbons (Fsp3) is 0.385. The lowest BCUT2D eigenvalue weighted by Gasteiger charge is -2.23. The molecule has 0 aliphatic heterocycles. The average Bonchev–Trinajstić information content (AvgIpc) is 2.33. The van der Waals surface area contributed by atoms with Gasteiger partial charge in [0.2, 0.25) is 0 Å². The van der Waals surface area contributed by atoms with Crippen LogP contribution in [0.25, 0.3) is 0 Å². The summed E-state index contributed by atoms with van der Waals surface area (Å²) in [7, 11) is 0. The highest BCUT2D eigenvalue weighted by atomic mass is 19.2. The first-order valence-electron chi connectivity index (χ1n) is 6.13. The number of rotatable bonds is 5. The van der Waals surface area contributed by atoms with Crippen LogP contribution in [0.2, 0.25) is 0 Å². The van der Waals surface area contributed by atoms with Gasteiger partial charge in [0.1, 0.15) is 6.54 Å². The Bertz CT molecular complexity index is 526. The van der Waals surface area contributed by atoms with E-state index in [0.29, 0.717) is 12.1 Å². The summed E-state index contributed by atoms with van der Waals surface area (Å²) < 4.78 is 38.9. The van der Waals surface area contributed by atoms with Crippen LogP contribution < -0.4 is 5.32 Å². The number of hydrogen-bond acceptors (Lipinski definition) is 2. The van der Waals surface area contributed by atoms with Crippen molar-refractivity contribution in [3.63, 3.8) is 0 Å². The van der Waals surface area contributed by atoms with Crippen LogP contribution in [0.4, 0.5) is 23.7 Å². The number of nitrogens with one attached hydrogen (secondary N) is 1. The van der Waals surface area contributed by atoms with E-state index in [2.05, 4.69) is 5.32 Å². The number of carbonyl (C=O) groups excluding carboxylic acids is 1. The largest absolute Gasteiger partial charge is 0.480 e. The van der Waals surface area contributed by atoms with Crippen LogP contribution in [0.15, 0.2) is 12.1 Å². The summed E-state index contributed by atoms with van der Waals surface area (Å²) >= 11 is 0. The summed E-state index contributed by atoms with van der Waals surface area (Å²) in [6.07, 6.45) is 0. The minimum Gasteiger partial charge on any atom is -0.480 e. The second kappa shape index (κ2) is 6.96. The first kappa shape index (κ1) is 16.8. The summed E-state index contributed by atoms with van der Waals surface area (Å²) in [5, 5.41) is 10.9. The third-order valence-electron chi connectivity index (χ3n) is 2.43. The molecule has 0 saturated heterocycles. The Kier molecular flexibility index (Phi) is 5.57. The standard InChI is InChI=1S/C13H15F3N2O3/c1-7(2)5-18(6-11(19)20)13(21)17-8-3-9(14)12(16)10(15)4-8/h3-4,7H,5-6H2,1-2H3,(H,17,21)(H,19,20). The minimum atomic E-state index is -1.64. The van der Waals surface area contributed by atoms with E-state index in [0.717, 1.165) is 4.90 Å². The number of aliphatic carboxylic acids is 1. The van der Waals surface area contributed by atoms with Crippen molar-refractivity contribution < 1.29 is 27.9 Å². The molecule has 5 nitrogen and oxygen atoms in total. The Hall–Kier alpha value is -2.25. The molecule has 0 radical (unpaired) electrons. The van der Waals surface area contributed by atoms with Gasteiger partial charge in [-0.2, -0.15) is 0 Å². The molecule has 1 aromatic rings. The molecule has 0 fully saturated rings. The lowest BCUT2D eigenvalue weighted by atomic mass is 10.2. The third-order valence-corrected chi connectivity index (χ3v) is 2.43. The molecular weight excluding hydrogens is 289 g/mol. The highest BCUT2D eigenvalue weighted by Crippen LogP contribution is 2.17. The molecule has 2 amide bonds. The van der Waals surface area contributed by atoms with Crippen molar-refractivity contribution in [3.05, 3.63) is 29.6 Å². The summed E-state index contributed by atoms with van der Waals surface area (Å²) in [5.74, 6) is -5.76. The van der Waals surface area contributed by atoms with Crippen molar-refractivity contribution in [1.29, 1.82) is 0 Å². The molecule has 1 rings (SSSR count). The average molecular weight is 304 g/mol. The zero-order chi connectivity index (χ0) is 16.2. The second-order valence-electron chi connectivity index (χ2n) is 4.85. The molecular formula is C13H15F3N2O3. The first-order chi connectivity index (χ1) is 9.70. The van der Waals surface area contributed by atoms with Crippen LogP contribution in [0.1, 0.15) is 13.8 Å². The van der Waals surface area contributed by atoms with Gasteiger partial charge in [-0.05, 0) is 5.92 Å². The van der Waals surface area contributed by atoms with Crippen molar-refractivity contribution in [1.82, 2.24) is 4.90 Å². The van der Waals surface area contributed by atoms with E-state index in [1.165, 1.54) is 0 Å². The second-order valence-corrected chi connectivity index (χ2v) is 4.85. The Morgan fingerprint density at radius 2 is 1.76 bits per heavy atom. The lowest BCUT2D eigenvalue weighted by Crippen LogP contribution is -2.41. The van der Waals surface area contributed by atoms with E-state index >= 15 is 0 Å². The maximum absolute atomic E-state index is 13.0. The predicted octanol–water partition coefficient (Wildman–Crippen LogP) is 2.68. The van der Waals surface area contributed by atoms with Gasteiger partial charge in [-0.25, -0.2) is 18.0 Å². The lowest BCUT2D eigenvalue weighted by molar-refractivity contribution is -0.137. The summed E-state index contributed by atoms with van der Waals surface area (Å²) in [6, 6.07) is 0.395. The zero-order valence-corrected chi connectivity index (χ0v) is 11.5. The SMILES string of the molecule is CC(C)CN(CC(=O)O)C(=O)Nc1cc(F)c(F)c(F)c1. The third kappa shape index (κ3) is 4.97. The molecule has 116 valence electrons. The summed E-state index contributed by atoms with van der Waals surface area (Å²) in [6.45, 7) is 3.14. The molecule has 0 atom stereocenters. The van der Waals surface area contributed by atoms with E-state index in [4.69, 9.17) is 5.11 Å². The fourth-order valence-electron chi connectivity index (χ4n) is 1.65. The van der Waals surface area contributed by atoms with Crippen molar-refractivity contribution in [2.24, 2.45) is 5.92 Å². The van der Waals surface area contributed by atoms with E-state index < -0.39 is 36.0 Å². The number of halogens is 3. The van der Waals surface area contributed by atoms with E-state index in [9.17, 15) is 22.8 Å². The van der Waals surface area contributed by atoms with Gasteiger partial charge in [-0.1, -0.05) is 13.8 Å². The van der Waals surface area contributed by atoms with Crippen molar-refractivity contribution >= 4 is 17.7 Å². The normalized spacial score (nSPS) is 10.6. The maximum Gasteiger partial charge on any atom is 0.323 e. The number of urea groups is 1. The zero-order valence-electron chi connectivity index (χ0n) is 11.5. The number of carboxylic acid groups (broad SMARTS) is 1. The minimum absolute atomic E-state index is 0.00297. The summed E-state index contributed by atoms with van der Waals surface area (Å²) in [4.78, 5) is 23.6. The number of benzene rings is 1. The Labute approximate surface area is 119 Å². The van der Waals surface area contributed by atoms with Gasteiger partial charge in [0, 0.05) is 24.4 Å². The van der Waals surface area contributed by atoms with Crippen LogP contribution in [0, 0.1) is 23.4 Å². The molecule has 0 spiro atoms. The Balaban J connectivity index is 2.88. The molecule has 0 aliphatic rings. The fourth-order valence-corrected chi connectivity index (χ4v) is 1.65. The number of nitrogens with zero attached hydrogens (tertiary/aromatic N) is 1. The van der Waals surface area contributed by atoms with Crippen LogP contribution in [0.5, 0.6) is 0 Å². The van der Waals surface area contributed by atoms with Gasteiger partial charge in [0.15, 0.2) is 17.5 Å². The number of carboxylic acids is 1. The van der Waals surface area contributed by atoms with Gasteiger partial charge in [-0.15, -0.1) is 0 Å². The first-order valence-corrected chi connectivity index (χ1v) is 6.13. The van der Waals surface area contributed by atoms with Crippen LogP contribution in [-0.2, 0) is 4.79 Å². The number of amides is 2. The van der Waals surface area contributed by atoms with Gasteiger partial charge in [0.25, 0.3) is 0 Å². The molecule has 0 aromatic heterocycles. The molecule has 0 aliphatic carbocycles. The highest BCUT2D eigenvalue weighted by Gasteiger charge is 2.19. The number of anilines is 1. The molecule has 1 aromatic carbocycles. The van der Waals surface area contributed by atoms with Gasteiger partial charge >= 0.3 is 12.0 Å². The number of hydrogen-bond donors (Lipinski definition) is 2. The molecule has 0 unspecified atom stereocenters. The Morgan fingerprint density at radius 3 is 2.19 bits per heavy atom. The summed E-state index contributed by atoms with van der Waals surface area (Å²) in [5.41, 5.74) is -0.296. The van der Waals surface area contributed by atoms with Crippen LogP contribution in [-0.4, -0.2) is 35.1 Å². The molecule has 21 heavy (non-hydrogen) atoms. The predicted molar refractivity (Wildman–Crippen MR) is 69.4 cm³/mol. The topological polar surface area (TPSA) is 69.6 Å². The molecule has 8 heteroatoms. The maximum atomic E-state index is 13.0. The Morgan fingerprint density at radius 1 is 1.24 bits per heavy atom. The van der Waals surface area contributed by atoms with Crippen LogP contribution in [0.3, 0.4) is 0 Å². The molecule has 0 saturated carbocycles. The molecule has 2 N–H and O–H groups in total. The van der Waals surface area contributed by atoms with Gasteiger partial charge in [-0.3, -0.25) is 4.79 Å². The van der Waals surface area contributed by atoms with Crippen LogP contribution >= 0.6 is 0 Å². The highest BCUT2D eigenvalue weighted by molar-refractivity contribution is 5.91. The molecule has 0 heterocycles. The van der Waals surface area contributed by atoms with Gasteiger partial charge in [0.05, 0.1) is 0 Å². The van der Waals surface area contributed by atoms with E-state index in [1.54, 1.807) is 13.8 Å². The monoisotopic (exact) mass is 304 g/mol. The smallest absolute Gasteiger partial charge is 0.323 e. The molecule has 0 bridgehead atoms. The van der Waals surface area contributed by atoms with Crippen molar-refractivity contribution in [2.75, 3.05) is 18.4 Å². The number of carbonyl (C=O) groups is 2. The van der Waals surface area contributed by atoms with Gasteiger partial charge < -0.3 is 15.3 Å². The van der Waals surface area contributed by atoms with Crippen molar-refractivity contribution in [2.45, 2.75) is 13.8 Å². The van der Waals surface area contributed by atoms with E-state index in [1.807, 2.05) is 0 Å².